The predicted octanol–water partition coefficient (Wildman–Crippen LogP) is 4.02. The molecule has 0 bridgehead atoms. The molecule has 6 heteroatoms. The van der Waals surface area contributed by atoms with E-state index < -0.39 is 5.97 Å². The smallest absolute Gasteiger partial charge is 0.337 e. The van der Waals surface area contributed by atoms with Crippen LogP contribution in [-0.2, 0) is 6.54 Å². The van der Waals surface area contributed by atoms with E-state index in [4.69, 9.17) is 17.3 Å². The SMILES string of the molecule is CN(Cc1cccc(Br)c1)c1c(Cl)cc(N)cc1C(=O)O. The van der Waals surface area contributed by atoms with Crippen molar-refractivity contribution in [1.29, 1.82) is 0 Å². The van der Waals surface area contributed by atoms with Crippen molar-refractivity contribution in [1.82, 2.24) is 0 Å². The lowest BCUT2D eigenvalue weighted by atomic mass is 10.1. The monoisotopic (exact) mass is 368 g/mol. The summed E-state index contributed by atoms with van der Waals surface area (Å²) in [6.07, 6.45) is 0. The number of nitrogens with two attached hydrogens (primary N) is 1. The molecule has 3 N–H and O–H groups in total. The topological polar surface area (TPSA) is 66.6 Å². The van der Waals surface area contributed by atoms with Crippen molar-refractivity contribution >= 4 is 44.9 Å². The molecule has 2 aromatic carbocycles. The summed E-state index contributed by atoms with van der Waals surface area (Å²) in [6.45, 7) is 0.531. The van der Waals surface area contributed by atoms with Crippen molar-refractivity contribution < 1.29 is 9.90 Å². The predicted molar refractivity (Wildman–Crippen MR) is 89.1 cm³/mol. The number of rotatable bonds is 4. The molecule has 21 heavy (non-hydrogen) atoms. The number of hydrogen-bond donors (Lipinski definition) is 2. The Kier molecular flexibility index (Phi) is 4.75. The fourth-order valence-electron chi connectivity index (χ4n) is 2.16. The third-order valence-electron chi connectivity index (χ3n) is 3.01. The lowest BCUT2D eigenvalue weighted by Gasteiger charge is -2.23. The molecule has 0 aliphatic heterocycles. The van der Waals surface area contributed by atoms with Gasteiger partial charge in [-0.25, -0.2) is 4.79 Å². The minimum Gasteiger partial charge on any atom is -0.478 e. The standard InChI is InChI=1S/C15H14BrClN2O2/c1-19(8-9-3-2-4-10(16)5-9)14-12(15(20)21)6-11(18)7-13(14)17/h2-7H,8,18H2,1H3,(H,20,21). The van der Waals surface area contributed by atoms with Crippen LogP contribution >= 0.6 is 27.5 Å². The molecule has 110 valence electrons. The van der Waals surface area contributed by atoms with Gasteiger partial charge in [-0.15, -0.1) is 0 Å². The van der Waals surface area contributed by atoms with Gasteiger partial charge < -0.3 is 15.7 Å². The van der Waals surface area contributed by atoms with Gasteiger partial charge in [0.25, 0.3) is 0 Å². The van der Waals surface area contributed by atoms with Crippen LogP contribution in [0.1, 0.15) is 15.9 Å². The highest BCUT2D eigenvalue weighted by Gasteiger charge is 2.18. The number of hydrogen-bond acceptors (Lipinski definition) is 3. The third-order valence-corrected chi connectivity index (χ3v) is 3.79. The van der Waals surface area contributed by atoms with E-state index in [-0.39, 0.29) is 5.56 Å². The summed E-state index contributed by atoms with van der Waals surface area (Å²) in [5.41, 5.74) is 7.59. The zero-order valence-corrected chi connectivity index (χ0v) is 13.6. The van der Waals surface area contributed by atoms with Gasteiger partial charge in [-0.05, 0) is 29.8 Å². The summed E-state index contributed by atoms with van der Waals surface area (Å²) in [5, 5.41) is 9.65. The summed E-state index contributed by atoms with van der Waals surface area (Å²) in [7, 11) is 1.80. The summed E-state index contributed by atoms with van der Waals surface area (Å²) < 4.78 is 0.968. The second-order valence-corrected chi connectivity index (χ2v) is 6.01. The molecule has 0 aromatic heterocycles. The van der Waals surface area contributed by atoms with Gasteiger partial charge in [-0.3, -0.25) is 0 Å². The highest BCUT2D eigenvalue weighted by Crippen LogP contribution is 2.33. The van der Waals surface area contributed by atoms with Crippen LogP contribution in [0.4, 0.5) is 11.4 Å². The molecule has 0 unspecified atom stereocenters. The Morgan fingerprint density at radius 2 is 2.10 bits per heavy atom. The zero-order chi connectivity index (χ0) is 15.6. The van der Waals surface area contributed by atoms with E-state index in [1.54, 1.807) is 18.0 Å². The number of aromatic carboxylic acids is 1. The Morgan fingerprint density at radius 3 is 2.71 bits per heavy atom. The maximum Gasteiger partial charge on any atom is 0.337 e. The van der Waals surface area contributed by atoms with Crippen LogP contribution in [0.15, 0.2) is 40.9 Å². The third kappa shape index (κ3) is 3.68. The van der Waals surface area contributed by atoms with E-state index in [1.165, 1.54) is 6.07 Å². The van der Waals surface area contributed by atoms with Gasteiger partial charge in [-0.2, -0.15) is 0 Å². The second kappa shape index (κ2) is 6.37. The quantitative estimate of drug-likeness (QED) is 0.799. The number of carbonyl (C=O) groups is 1. The summed E-state index contributed by atoms with van der Waals surface area (Å²) in [4.78, 5) is 13.2. The van der Waals surface area contributed by atoms with Crippen molar-refractivity contribution in [2.24, 2.45) is 0 Å². The Bertz CT molecular complexity index is 691. The molecule has 0 saturated carbocycles. The number of anilines is 2. The van der Waals surface area contributed by atoms with Crippen molar-refractivity contribution in [2.45, 2.75) is 6.54 Å². The zero-order valence-electron chi connectivity index (χ0n) is 11.3. The van der Waals surface area contributed by atoms with E-state index in [0.717, 1.165) is 10.0 Å². The van der Waals surface area contributed by atoms with Crippen LogP contribution in [0.3, 0.4) is 0 Å². The molecule has 0 amide bonds. The van der Waals surface area contributed by atoms with E-state index in [0.29, 0.717) is 22.9 Å². The number of nitrogens with zero attached hydrogens (tertiary/aromatic N) is 1. The first-order chi connectivity index (χ1) is 9.88. The van der Waals surface area contributed by atoms with E-state index in [2.05, 4.69) is 15.9 Å². The molecule has 0 heterocycles. The average molecular weight is 370 g/mol. The van der Waals surface area contributed by atoms with Gasteiger partial charge in [0, 0.05) is 23.8 Å². The van der Waals surface area contributed by atoms with Crippen LogP contribution in [0.5, 0.6) is 0 Å². The first kappa shape index (κ1) is 15.7. The van der Waals surface area contributed by atoms with E-state index >= 15 is 0 Å². The summed E-state index contributed by atoms with van der Waals surface area (Å²) in [5.74, 6) is -1.06. The van der Waals surface area contributed by atoms with Crippen LogP contribution in [0.25, 0.3) is 0 Å². The Hall–Kier alpha value is -1.72. The maximum atomic E-state index is 11.4. The van der Waals surface area contributed by atoms with Gasteiger partial charge >= 0.3 is 5.97 Å². The molecule has 0 aliphatic carbocycles. The minimum absolute atomic E-state index is 0.0949. The summed E-state index contributed by atoms with van der Waals surface area (Å²) >= 11 is 9.59. The summed E-state index contributed by atoms with van der Waals surface area (Å²) in [6, 6.07) is 10.8. The number of halogens is 2. The average Bonchev–Trinajstić information content (AvgIpc) is 2.37. The first-order valence-electron chi connectivity index (χ1n) is 6.16. The van der Waals surface area contributed by atoms with Gasteiger partial charge in [-0.1, -0.05) is 39.7 Å². The van der Waals surface area contributed by atoms with Crippen LogP contribution in [0, 0.1) is 0 Å². The van der Waals surface area contributed by atoms with Gasteiger partial charge in [0.2, 0.25) is 0 Å². The molecule has 0 saturated heterocycles. The molecule has 0 radical (unpaired) electrons. The largest absolute Gasteiger partial charge is 0.478 e. The molecule has 0 spiro atoms. The first-order valence-corrected chi connectivity index (χ1v) is 7.33. The van der Waals surface area contributed by atoms with E-state index in [9.17, 15) is 9.90 Å². The fourth-order valence-corrected chi connectivity index (χ4v) is 2.98. The minimum atomic E-state index is -1.06. The lowest BCUT2D eigenvalue weighted by molar-refractivity contribution is 0.0697. The van der Waals surface area contributed by atoms with Crippen LogP contribution in [-0.4, -0.2) is 18.1 Å². The van der Waals surface area contributed by atoms with Gasteiger partial charge in [0.05, 0.1) is 16.3 Å². The van der Waals surface area contributed by atoms with Gasteiger partial charge in [0.15, 0.2) is 0 Å². The molecule has 4 nitrogen and oxygen atoms in total. The Morgan fingerprint density at radius 1 is 1.38 bits per heavy atom. The van der Waals surface area contributed by atoms with E-state index in [1.807, 2.05) is 24.3 Å². The fraction of sp³-hybridized carbons (Fsp3) is 0.133. The Balaban J connectivity index is 2.39. The van der Waals surface area contributed by atoms with Crippen LogP contribution < -0.4 is 10.6 Å². The highest BCUT2D eigenvalue weighted by molar-refractivity contribution is 9.10. The number of benzene rings is 2. The molecule has 0 atom stereocenters. The molecule has 2 rings (SSSR count). The van der Waals surface area contributed by atoms with Gasteiger partial charge in [0.1, 0.15) is 0 Å². The molecule has 0 aliphatic rings. The second-order valence-electron chi connectivity index (χ2n) is 4.69. The maximum absolute atomic E-state index is 11.4. The van der Waals surface area contributed by atoms with Crippen molar-refractivity contribution in [3.8, 4) is 0 Å². The van der Waals surface area contributed by atoms with Crippen molar-refractivity contribution in [3.63, 3.8) is 0 Å². The number of carboxylic acids is 1. The number of nitrogen functional groups attached to an aromatic ring is 1. The van der Waals surface area contributed by atoms with Crippen LogP contribution in [0.2, 0.25) is 5.02 Å². The normalized spacial score (nSPS) is 10.4. The van der Waals surface area contributed by atoms with Crippen molar-refractivity contribution in [2.75, 3.05) is 17.7 Å². The van der Waals surface area contributed by atoms with Crippen molar-refractivity contribution in [3.05, 3.63) is 57.0 Å². The molecular formula is C15H14BrClN2O2. The molecule has 0 fully saturated rings. The highest BCUT2D eigenvalue weighted by atomic mass is 79.9. The molecule has 2 aromatic rings. The lowest BCUT2D eigenvalue weighted by Crippen LogP contribution is -2.20. The Labute approximate surface area is 136 Å². The molecular weight excluding hydrogens is 356 g/mol. The number of carboxylic acid groups (broad SMARTS) is 1.